The van der Waals surface area contributed by atoms with E-state index in [0.29, 0.717) is 12.2 Å². The number of hydrogen-bond donors (Lipinski definition) is 0. The highest BCUT2D eigenvalue weighted by Gasteiger charge is 2.35. The number of benzene rings is 1. The summed E-state index contributed by atoms with van der Waals surface area (Å²) in [5.41, 5.74) is 0.364. The number of hydrogen-bond acceptors (Lipinski definition) is 4. The predicted molar refractivity (Wildman–Crippen MR) is 88.8 cm³/mol. The number of rotatable bonds is 6. The highest BCUT2D eigenvalue weighted by Crippen LogP contribution is 2.30. The second-order valence-corrected chi connectivity index (χ2v) is 7.96. The summed E-state index contributed by atoms with van der Waals surface area (Å²) in [6.07, 6.45) is 3.98. The van der Waals surface area contributed by atoms with E-state index in [9.17, 15) is 13.2 Å². The van der Waals surface area contributed by atoms with Gasteiger partial charge in [-0.1, -0.05) is 12.8 Å². The Morgan fingerprint density at radius 1 is 1.22 bits per heavy atom. The van der Waals surface area contributed by atoms with Crippen LogP contribution in [-0.2, 0) is 14.8 Å². The third-order valence-corrected chi connectivity index (χ3v) is 6.28. The Labute approximate surface area is 138 Å². The summed E-state index contributed by atoms with van der Waals surface area (Å²) in [7, 11) is -3.56. The largest absolute Gasteiger partial charge is 0.462 e. The summed E-state index contributed by atoms with van der Waals surface area (Å²) >= 11 is 0. The van der Waals surface area contributed by atoms with E-state index in [1.54, 1.807) is 11.2 Å². The van der Waals surface area contributed by atoms with Crippen molar-refractivity contribution in [1.29, 1.82) is 0 Å². The molecule has 23 heavy (non-hydrogen) atoms. The molecule has 0 aliphatic heterocycles. The molecule has 1 saturated carbocycles. The predicted octanol–water partition coefficient (Wildman–Crippen LogP) is 3.21. The molecule has 0 spiro atoms. The molecule has 1 aromatic carbocycles. The van der Waals surface area contributed by atoms with E-state index in [4.69, 9.17) is 4.74 Å². The van der Waals surface area contributed by atoms with Gasteiger partial charge in [-0.25, -0.2) is 13.2 Å². The van der Waals surface area contributed by atoms with Gasteiger partial charge in [-0.15, -0.1) is 0 Å². The zero-order valence-corrected chi connectivity index (χ0v) is 14.8. The second-order valence-electron chi connectivity index (χ2n) is 6.11. The molecule has 2 rings (SSSR count). The van der Waals surface area contributed by atoms with E-state index in [0.717, 1.165) is 25.7 Å². The number of esters is 1. The third-order valence-electron chi connectivity index (χ3n) is 4.13. The maximum atomic E-state index is 13.0. The van der Waals surface area contributed by atoms with Crippen molar-refractivity contribution in [3.8, 4) is 0 Å². The van der Waals surface area contributed by atoms with Gasteiger partial charge in [0, 0.05) is 12.1 Å². The minimum atomic E-state index is -3.56. The van der Waals surface area contributed by atoms with Crippen LogP contribution in [0.3, 0.4) is 0 Å². The van der Waals surface area contributed by atoms with Crippen molar-refractivity contribution >= 4 is 16.0 Å². The summed E-state index contributed by atoms with van der Waals surface area (Å²) in [5, 5.41) is 0. The molecule has 1 fully saturated rings. The molecule has 1 aliphatic rings. The van der Waals surface area contributed by atoms with E-state index < -0.39 is 16.0 Å². The molecule has 0 bridgehead atoms. The number of carbonyl (C=O) groups is 1. The van der Waals surface area contributed by atoms with Crippen molar-refractivity contribution in [2.45, 2.75) is 63.4 Å². The van der Waals surface area contributed by atoms with Crippen LogP contribution in [0.25, 0.3) is 0 Å². The topological polar surface area (TPSA) is 63.7 Å². The SMILES string of the molecule is CCOC(=O)c1ccc(S(=O)(=O)N(C(C)C)C2CCCC2)cc1. The molecule has 0 unspecified atom stereocenters. The van der Waals surface area contributed by atoms with Gasteiger partial charge in [-0.3, -0.25) is 0 Å². The molecule has 0 heterocycles. The van der Waals surface area contributed by atoms with Crippen LogP contribution in [0.4, 0.5) is 0 Å². The van der Waals surface area contributed by atoms with E-state index >= 15 is 0 Å². The lowest BCUT2D eigenvalue weighted by atomic mass is 10.2. The first-order valence-electron chi connectivity index (χ1n) is 8.18. The minimum absolute atomic E-state index is 0.0738. The fourth-order valence-corrected chi connectivity index (χ4v) is 5.04. The van der Waals surface area contributed by atoms with Crippen molar-refractivity contribution in [3.63, 3.8) is 0 Å². The van der Waals surface area contributed by atoms with Crippen LogP contribution in [0.2, 0.25) is 0 Å². The first-order chi connectivity index (χ1) is 10.9. The lowest BCUT2D eigenvalue weighted by Gasteiger charge is -2.31. The van der Waals surface area contributed by atoms with Crippen LogP contribution >= 0.6 is 0 Å². The molecule has 5 nitrogen and oxygen atoms in total. The Balaban J connectivity index is 2.28. The quantitative estimate of drug-likeness (QED) is 0.747. The van der Waals surface area contributed by atoms with Crippen molar-refractivity contribution in [1.82, 2.24) is 4.31 Å². The molecular weight excluding hydrogens is 314 g/mol. The van der Waals surface area contributed by atoms with Crippen LogP contribution < -0.4 is 0 Å². The van der Waals surface area contributed by atoms with Crippen molar-refractivity contribution < 1.29 is 17.9 Å². The molecule has 0 atom stereocenters. The fraction of sp³-hybridized carbons (Fsp3) is 0.588. The Bertz CT molecular complexity index is 631. The minimum Gasteiger partial charge on any atom is -0.462 e. The van der Waals surface area contributed by atoms with E-state index in [2.05, 4.69) is 0 Å². The summed E-state index contributed by atoms with van der Waals surface area (Å²) < 4.78 is 32.5. The number of sulfonamides is 1. The molecule has 0 radical (unpaired) electrons. The Hall–Kier alpha value is -1.40. The van der Waals surface area contributed by atoms with Gasteiger partial charge < -0.3 is 4.74 Å². The molecule has 0 N–H and O–H groups in total. The lowest BCUT2D eigenvalue weighted by Crippen LogP contribution is -2.43. The lowest BCUT2D eigenvalue weighted by molar-refractivity contribution is 0.0526. The molecule has 1 aliphatic carbocycles. The molecule has 6 heteroatoms. The Kier molecular flexibility index (Phi) is 5.81. The van der Waals surface area contributed by atoms with Gasteiger partial charge in [0.15, 0.2) is 0 Å². The maximum absolute atomic E-state index is 13.0. The first kappa shape index (κ1) is 17.9. The highest BCUT2D eigenvalue weighted by atomic mass is 32.2. The standard InChI is InChI=1S/C17H25NO4S/c1-4-22-17(19)14-9-11-16(12-10-14)23(20,21)18(13(2)3)15-7-5-6-8-15/h9-13,15H,4-8H2,1-3H3. The number of nitrogens with zero attached hydrogens (tertiary/aromatic N) is 1. The van der Waals surface area contributed by atoms with Gasteiger partial charge in [0.2, 0.25) is 10.0 Å². The van der Waals surface area contributed by atoms with Crippen molar-refractivity contribution in [2.75, 3.05) is 6.61 Å². The zero-order valence-electron chi connectivity index (χ0n) is 14.0. The van der Waals surface area contributed by atoms with Crippen LogP contribution in [-0.4, -0.2) is 37.4 Å². The average molecular weight is 339 g/mol. The van der Waals surface area contributed by atoms with Gasteiger partial charge >= 0.3 is 5.97 Å². The van der Waals surface area contributed by atoms with Gasteiger partial charge in [0.25, 0.3) is 0 Å². The summed E-state index contributed by atoms with van der Waals surface area (Å²) in [6, 6.07) is 5.99. The molecule has 0 aromatic heterocycles. The summed E-state index contributed by atoms with van der Waals surface area (Å²) in [4.78, 5) is 11.9. The highest BCUT2D eigenvalue weighted by molar-refractivity contribution is 7.89. The molecule has 0 saturated heterocycles. The zero-order chi connectivity index (χ0) is 17.0. The van der Waals surface area contributed by atoms with Crippen LogP contribution in [0.15, 0.2) is 29.2 Å². The maximum Gasteiger partial charge on any atom is 0.338 e. The summed E-state index contributed by atoms with van der Waals surface area (Å²) in [5.74, 6) is -0.437. The Morgan fingerprint density at radius 3 is 2.26 bits per heavy atom. The second kappa shape index (κ2) is 7.45. The normalized spacial score (nSPS) is 16.2. The van der Waals surface area contributed by atoms with Gasteiger partial charge in [-0.2, -0.15) is 4.31 Å². The molecule has 128 valence electrons. The van der Waals surface area contributed by atoms with Crippen molar-refractivity contribution in [2.24, 2.45) is 0 Å². The molecule has 0 amide bonds. The van der Waals surface area contributed by atoms with E-state index in [1.165, 1.54) is 24.3 Å². The van der Waals surface area contributed by atoms with E-state index in [1.807, 2.05) is 13.8 Å². The van der Waals surface area contributed by atoms with Crippen molar-refractivity contribution in [3.05, 3.63) is 29.8 Å². The van der Waals surface area contributed by atoms with Gasteiger partial charge in [0.1, 0.15) is 0 Å². The van der Waals surface area contributed by atoms with Crippen LogP contribution in [0, 0.1) is 0 Å². The van der Waals surface area contributed by atoms with Gasteiger partial charge in [-0.05, 0) is 57.9 Å². The van der Waals surface area contributed by atoms with Gasteiger partial charge in [0.05, 0.1) is 17.1 Å². The molecular formula is C17H25NO4S. The number of carbonyl (C=O) groups excluding carboxylic acids is 1. The average Bonchev–Trinajstić information content (AvgIpc) is 3.00. The Morgan fingerprint density at radius 2 is 1.78 bits per heavy atom. The van der Waals surface area contributed by atoms with Crippen LogP contribution in [0.5, 0.6) is 0 Å². The monoisotopic (exact) mass is 339 g/mol. The molecule has 1 aromatic rings. The first-order valence-corrected chi connectivity index (χ1v) is 9.62. The smallest absolute Gasteiger partial charge is 0.338 e. The van der Waals surface area contributed by atoms with E-state index in [-0.39, 0.29) is 17.0 Å². The third kappa shape index (κ3) is 3.93. The fourth-order valence-electron chi connectivity index (χ4n) is 3.15. The summed E-state index contributed by atoms with van der Waals surface area (Å²) in [6.45, 7) is 5.84. The number of ether oxygens (including phenoxy) is 1. The van der Waals surface area contributed by atoms with Crippen LogP contribution in [0.1, 0.15) is 56.8 Å².